The molecule has 0 aliphatic carbocycles. The second kappa shape index (κ2) is 14.4. The molecule has 0 saturated heterocycles. The number of carboxylic acid groups (broad SMARTS) is 1. The van der Waals surface area contributed by atoms with E-state index in [1.165, 1.54) is 18.9 Å². The van der Waals surface area contributed by atoms with Gasteiger partial charge in [-0.25, -0.2) is 0 Å². The molecule has 4 heteroatoms. The summed E-state index contributed by atoms with van der Waals surface area (Å²) in [4.78, 5) is 21.5. The van der Waals surface area contributed by atoms with Gasteiger partial charge in [-0.3, -0.25) is 9.59 Å². The van der Waals surface area contributed by atoms with Crippen molar-refractivity contribution in [3.8, 4) is 0 Å². The SMILES string of the molecule is C=CC(C)(CCC=C(C)C)OC(C)=O.CCC(C)(CCCC(C)C)CC(=O)O. The number of carbonyl (C=O) groups is 2. The van der Waals surface area contributed by atoms with Gasteiger partial charge >= 0.3 is 11.9 Å². The van der Waals surface area contributed by atoms with E-state index in [0.29, 0.717) is 6.42 Å². The lowest BCUT2D eigenvalue weighted by molar-refractivity contribution is -0.151. The molecule has 0 bridgehead atoms. The molecule has 0 aliphatic rings. The van der Waals surface area contributed by atoms with E-state index in [-0.39, 0.29) is 11.4 Å². The highest BCUT2D eigenvalue weighted by molar-refractivity contribution is 5.67. The molecule has 0 aromatic heterocycles. The first-order valence-electron chi connectivity index (χ1n) is 10.5. The summed E-state index contributed by atoms with van der Waals surface area (Å²) in [5.41, 5.74) is 0.748. The van der Waals surface area contributed by atoms with Crippen LogP contribution < -0.4 is 0 Å². The van der Waals surface area contributed by atoms with E-state index in [4.69, 9.17) is 9.84 Å². The molecule has 4 nitrogen and oxygen atoms in total. The normalized spacial score (nSPS) is 14.8. The van der Waals surface area contributed by atoms with Crippen molar-refractivity contribution in [1.82, 2.24) is 0 Å². The number of hydrogen-bond acceptors (Lipinski definition) is 3. The van der Waals surface area contributed by atoms with Gasteiger partial charge in [-0.1, -0.05) is 65.2 Å². The fourth-order valence-electron chi connectivity index (χ4n) is 2.86. The predicted octanol–water partition coefficient (Wildman–Crippen LogP) is 6.94. The van der Waals surface area contributed by atoms with E-state index >= 15 is 0 Å². The Morgan fingerprint density at radius 1 is 1.14 bits per heavy atom. The van der Waals surface area contributed by atoms with Gasteiger partial charge in [-0.2, -0.15) is 0 Å². The Bertz CT molecular complexity index is 503. The summed E-state index contributed by atoms with van der Waals surface area (Å²) in [5, 5.41) is 8.79. The lowest BCUT2D eigenvalue weighted by Crippen LogP contribution is -2.27. The standard InChI is InChI=1S/C12H20O2.C12H24O2/c1-6-12(5,14-11(4)13)9-7-8-10(2)3;1-5-12(4,9-11(13)14)8-6-7-10(2)3/h6,8H,1,7,9H2,2-5H3;10H,5-9H2,1-4H3,(H,13,14). The molecule has 0 heterocycles. The maximum Gasteiger partial charge on any atom is 0.303 e. The van der Waals surface area contributed by atoms with E-state index in [0.717, 1.165) is 38.0 Å². The maximum atomic E-state index is 10.8. The van der Waals surface area contributed by atoms with Gasteiger partial charge in [0.25, 0.3) is 0 Å². The fourth-order valence-corrected chi connectivity index (χ4v) is 2.86. The van der Waals surface area contributed by atoms with Crippen molar-refractivity contribution in [2.24, 2.45) is 11.3 Å². The number of carbonyl (C=O) groups excluding carboxylic acids is 1. The van der Waals surface area contributed by atoms with Gasteiger partial charge in [0, 0.05) is 6.92 Å². The monoisotopic (exact) mass is 396 g/mol. The molecule has 164 valence electrons. The Labute approximate surface area is 173 Å². The molecule has 1 N–H and O–H groups in total. The average molecular weight is 397 g/mol. The molecule has 0 aromatic carbocycles. The lowest BCUT2D eigenvalue weighted by Gasteiger charge is -2.26. The average Bonchev–Trinajstić information content (AvgIpc) is 2.53. The van der Waals surface area contributed by atoms with Crippen molar-refractivity contribution in [2.45, 2.75) is 106 Å². The number of rotatable bonds is 12. The highest BCUT2D eigenvalue weighted by Crippen LogP contribution is 2.32. The van der Waals surface area contributed by atoms with Crippen LogP contribution in [0.25, 0.3) is 0 Å². The van der Waals surface area contributed by atoms with Gasteiger partial charge in [-0.05, 0) is 57.4 Å². The first-order valence-corrected chi connectivity index (χ1v) is 10.5. The first-order chi connectivity index (χ1) is 12.8. The minimum absolute atomic E-state index is 0.000718. The minimum atomic E-state index is -0.668. The third-order valence-electron chi connectivity index (χ3n) is 5.00. The predicted molar refractivity (Wildman–Crippen MR) is 118 cm³/mol. The van der Waals surface area contributed by atoms with Crippen LogP contribution in [0.15, 0.2) is 24.3 Å². The van der Waals surface area contributed by atoms with Crippen molar-refractivity contribution in [3.63, 3.8) is 0 Å². The molecule has 0 aromatic rings. The molecule has 2 unspecified atom stereocenters. The summed E-state index contributed by atoms with van der Waals surface area (Å²) in [6, 6.07) is 0. The van der Waals surface area contributed by atoms with Gasteiger partial charge in [0.2, 0.25) is 0 Å². The summed E-state index contributed by atoms with van der Waals surface area (Å²) in [6.07, 6.45) is 10.1. The van der Waals surface area contributed by atoms with Crippen molar-refractivity contribution in [1.29, 1.82) is 0 Å². The third kappa shape index (κ3) is 16.6. The molecule has 0 rings (SSSR count). The largest absolute Gasteiger partial charge is 0.481 e. The molecule has 0 aliphatic heterocycles. The number of carboxylic acids is 1. The Hall–Kier alpha value is -1.58. The summed E-state index contributed by atoms with van der Waals surface area (Å²) in [5.74, 6) is -0.204. The van der Waals surface area contributed by atoms with Crippen molar-refractivity contribution in [2.75, 3.05) is 0 Å². The van der Waals surface area contributed by atoms with Gasteiger partial charge in [-0.15, -0.1) is 0 Å². The Morgan fingerprint density at radius 2 is 1.71 bits per heavy atom. The molecular weight excluding hydrogens is 352 g/mol. The van der Waals surface area contributed by atoms with Gasteiger partial charge in [0.15, 0.2) is 0 Å². The third-order valence-corrected chi connectivity index (χ3v) is 5.00. The maximum absolute atomic E-state index is 10.8. The molecule has 0 radical (unpaired) electrons. The van der Waals surface area contributed by atoms with Crippen LogP contribution in [0.5, 0.6) is 0 Å². The number of ether oxygens (including phenoxy) is 1. The molecule has 0 spiro atoms. The zero-order valence-electron chi connectivity index (χ0n) is 19.6. The van der Waals surface area contributed by atoms with Gasteiger partial charge < -0.3 is 9.84 Å². The second-order valence-corrected chi connectivity index (χ2v) is 8.95. The van der Waals surface area contributed by atoms with Crippen molar-refractivity contribution >= 4 is 11.9 Å². The van der Waals surface area contributed by atoms with E-state index in [1.54, 1.807) is 6.08 Å². The smallest absolute Gasteiger partial charge is 0.303 e. The Morgan fingerprint density at radius 3 is 2.07 bits per heavy atom. The van der Waals surface area contributed by atoms with Crippen LogP contribution in [0.2, 0.25) is 0 Å². The molecule has 0 saturated carbocycles. The van der Waals surface area contributed by atoms with Crippen LogP contribution in [-0.2, 0) is 14.3 Å². The fraction of sp³-hybridized carbons (Fsp3) is 0.750. The lowest BCUT2D eigenvalue weighted by atomic mass is 9.79. The molecule has 28 heavy (non-hydrogen) atoms. The van der Waals surface area contributed by atoms with Gasteiger partial charge in [0.05, 0.1) is 6.42 Å². The summed E-state index contributed by atoms with van der Waals surface area (Å²) in [6.45, 7) is 19.7. The van der Waals surface area contributed by atoms with Crippen molar-refractivity contribution in [3.05, 3.63) is 24.3 Å². The van der Waals surface area contributed by atoms with Crippen LogP contribution >= 0.6 is 0 Å². The highest BCUT2D eigenvalue weighted by Gasteiger charge is 2.25. The summed E-state index contributed by atoms with van der Waals surface area (Å²) >= 11 is 0. The van der Waals surface area contributed by atoms with E-state index in [1.807, 2.05) is 6.92 Å². The van der Waals surface area contributed by atoms with E-state index in [9.17, 15) is 9.59 Å². The summed E-state index contributed by atoms with van der Waals surface area (Å²) in [7, 11) is 0. The molecule has 2 atom stereocenters. The topological polar surface area (TPSA) is 63.6 Å². The van der Waals surface area contributed by atoms with E-state index < -0.39 is 11.6 Å². The van der Waals surface area contributed by atoms with Crippen LogP contribution in [-0.4, -0.2) is 22.6 Å². The quantitative estimate of drug-likeness (QED) is 0.286. The van der Waals surface area contributed by atoms with E-state index in [2.05, 4.69) is 54.2 Å². The van der Waals surface area contributed by atoms with Crippen LogP contribution in [0.3, 0.4) is 0 Å². The zero-order chi connectivity index (χ0) is 22.4. The molecule has 0 fully saturated rings. The summed E-state index contributed by atoms with van der Waals surface area (Å²) < 4.78 is 5.18. The highest BCUT2D eigenvalue weighted by atomic mass is 16.6. The molecular formula is C24H44O4. The number of allylic oxidation sites excluding steroid dienone is 2. The van der Waals surface area contributed by atoms with Crippen molar-refractivity contribution < 1.29 is 19.4 Å². The Balaban J connectivity index is 0. The Kier molecular flexibility index (Phi) is 14.7. The van der Waals surface area contributed by atoms with Crippen LogP contribution in [0.1, 0.15) is 100 Å². The number of hydrogen-bond donors (Lipinski definition) is 1. The van der Waals surface area contributed by atoms with Crippen LogP contribution in [0.4, 0.5) is 0 Å². The first kappa shape index (κ1) is 28.6. The van der Waals surface area contributed by atoms with Crippen LogP contribution in [0, 0.1) is 11.3 Å². The number of esters is 1. The minimum Gasteiger partial charge on any atom is -0.481 e. The van der Waals surface area contributed by atoms with Gasteiger partial charge in [0.1, 0.15) is 5.60 Å². The zero-order valence-corrected chi connectivity index (χ0v) is 19.6. The second-order valence-electron chi connectivity index (χ2n) is 8.95. The number of aliphatic carboxylic acids is 1. The molecule has 0 amide bonds.